The summed E-state index contributed by atoms with van der Waals surface area (Å²) in [5, 5.41) is 5.64. The Labute approximate surface area is 133 Å². The highest BCUT2D eigenvalue weighted by atomic mass is 32.1. The number of nitrogens with zero attached hydrogens (tertiary/aromatic N) is 1. The maximum Gasteiger partial charge on any atom is 0.360 e. The van der Waals surface area contributed by atoms with E-state index in [-0.39, 0.29) is 5.71 Å². The molecule has 0 amide bonds. The molecule has 0 aliphatic rings. The Morgan fingerprint density at radius 3 is 2.68 bits per heavy atom. The minimum Gasteiger partial charge on any atom is -0.488 e. The van der Waals surface area contributed by atoms with E-state index in [0.29, 0.717) is 12.2 Å². The average molecular weight is 319 g/mol. The van der Waals surface area contributed by atoms with Crippen LogP contribution >= 0.6 is 11.3 Å². The Balaban J connectivity index is 2.20. The molecular formula is C16H17NO4S. The number of para-hydroxylation sites is 1. The molecule has 0 aliphatic heterocycles. The number of thiophene rings is 1. The van der Waals surface area contributed by atoms with Crippen LogP contribution in [0, 0.1) is 6.92 Å². The second kappa shape index (κ2) is 7.61. The summed E-state index contributed by atoms with van der Waals surface area (Å²) in [7, 11) is 2.70. The number of hydrogen-bond donors (Lipinski definition) is 0. The molecule has 0 atom stereocenters. The van der Waals surface area contributed by atoms with E-state index in [1.54, 1.807) is 6.07 Å². The minimum atomic E-state index is -0.544. The van der Waals surface area contributed by atoms with E-state index in [2.05, 4.69) is 5.16 Å². The van der Waals surface area contributed by atoms with Gasteiger partial charge in [0.25, 0.3) is 0 Å². The topological polar surface area (TPSA) is 57.1 Å². The van der Waals surface area contributed by atoms with Crippen LogP contribution in [0.2, 0.25) is 0 Å². The summed E-state index contributed by atoms with van der Waals surface area (Å²) in [6.07, 6.45) is 0. The van der Waals surface area contributed by atoms with Gasteiger partial charge in [-0.2, -0.15) is 0 Å². The molecule has 0 saturated heterocycles. The molecule has 0 fully saturated rings. The zero-order valence-corrected chi connectivity index (χ0v) is 13.5. The predicted molar refractivity (Wildman–Crippen MR) is 85.4 cm³/mol. The maximum atomic E-state index is 11.8. The SMILES string of the molecule is CON=C(C(=O)OC)c1ccsc1COc1ccccc1C. The Kier molecular flexibility index (Phi) is 5.55. The zero-order chi connectivity index (χ0) is 15.9. The number of carbonyl (C=O) groups excluding carboxylic acids is 1. The first-order valence-electron chi connectivity index (χ1n) is 6.62. The predicted octanol–water partition coefficient (Wildman–Crippen LogP) is 3.16. The third-order valence-electron chi connectivity index (χ3n) is 3.01. The van der Waals surface area contributed by atoms with Crippen molar-refractivity contribution in [2.45, 2.75) is 13.5 Å². The summed E-state index contributed by atoms with van der Waals surface area (Å²) >= 11 is 1.49. The van der Waals surface area contributed by atoms with Crippen molar-refractivity contribution in [2.75, 3.05) is 14.2 Å². The number of ether oxygens (including phenoxy) is 2. The number of hydrogen-bond acceptors (Lipinski definition) is 6. The molecule has 0 unspecified atom stereocenters. The first-order chi connectivity index (χ1) is 10.7. The Morgan fingerprint density at radius 1 is 1.23 bits per heavy atom. The van der Waals surface area contributed by atoms with Gasteiger partial charge in [0.05, 0.1) is 12.0 Å². The van der Waals surface area contributed by atoms with Crippen molar-refractivity contribution < 1.29 is 19.1 Å². The molecule has 0 saturated carbocycles. The lowest BCUT2D eigenvalue weighted by Crippen LogP contribution is -2.18. The third-order valence-corrected chi connectivity index (χ3v) is 3.91. The van der Waals surface area contributed by atoms with Gasteiger partial charge in [-0.1, -0.05) is 23.4 Å². The quantitative estimate of drug-likeness (QED) is 0.466. The molecule has 0 bridgehead atoms. The van der Waals surface area contributed by atoms with Gasteiger partial charge >= 0.3 is 5.97 Å². The van der Waals surface area contributed by atoms with Crippen molar-refractivity contribution in [1.82, 2.24) is 0 Å². The van der Waals surface area contributed by atoms with Gasteiger partial charge in [-0.05, 0) is 30.0 Å². The molecule has 1 aromatic heterocycles. The normalized spacial score (nSPS) is 11.1. The average Bonchev–Trinajstić information content (AvgIpc) is 2.99. The van der Waals surface area contributed by atoms with Gasteiger partial charge in [-0.15, -0.1) is 11.3 Å². The van der Waals surface area contributed by atoms with Crippen molar-refractivity contribution >= 4 is 23.0 Å². The number of methoxy groups -OCH3 is 1. The van der Waals surface area contributed by atoms with Crippen LogP contribution in [0.25, 0.3) is 0 Å². The van der Waals surface area contributed by atoms with Crippen LogP contribution in [0.3, 0.4) is 0 Å². The second-order valence-electron chi connectivity index (χ2n) is 4.43. The molecule has 1 heterocycles. The molecule has 0 spiro atoms. The largest absolute Gasteiger partial charge is 0.488 e. The molecule has 2 rings (SSSR count). The molecule has 22 heavy (non-hydrogen) atoms. The lowest BCUT2D eigenvalue weighted by atomic mass is 10.1. The first kappa shape index (κ1) is 16.0. The van der Waals surface area contributed by atoms with Gasteiger partial charge in [0, 0.05) is 5.56 Å². The van der Waals surface area contributed by atoms with Crippen LogP contribution in [0.4, 0.5) is 0 Å². The van der Waals surface area contributed by atoms with Crippen LogP contribution in [0.1, 0.15) is 16.0 Å². The van der Waals surface area contributed by atoms with Crippen LogP contribution in [0.15, 0.2) is 40.9 Å². The molecule has 0 aliphatic carbocycles. The standard InChI is InChI=1S/C16H17NO4S/c1-11-6-4-5-7-13(11)21-10-14-12(8-9-22-14)15(17-20-3)16(18)19-2/h4-9H,10H2,1-3H3. The number of carbonyl (C=O) groups is 1. The molecule has 6 heteroatoms. The number of rotatable bonds is 6. The molecule has 2 aromatic rings. The van der Waals surface area contributed by atoms with Crippen LogP contribution in [-0.2, 0) is 21.0 Å². The number of benzene rings is 1. The van der Waals surface area contributed by atoms with E-state index in [1.165, 1.54) is 25.6 Å². The summed E-state index contributed by atoms with van der Waals surface area (Å²) in [5.74, 6) is 0.266. The highest BCUT2D eigenvalue weighted by Gasteiger charge is 2.20. The van der Waals surface area contributed by atoms with E-state index < -0.39 is 5.97 Å². The van der Waals surface area contributed by atoms with Crippen molar-refractivity contribution in [3.05, 3.63) is 51.7 Å². The lowest BCUT2D eigenvalue weighted by molar-refractivity contribution is -0.132. The number of esters is 1. The van der Waals surface area contributed by atoms with Crippen LogP contribution in [-0.4, -0.2) is 25.9 Å². The van der Waals surface area contributed by atoms with Crippen molar-refractivity contribution in [2.24, 2.45) is 5.16 Å². The minimum absolute atomic E-state index is 0.134. The highest BCUT2D eigenvalue weighted by Crippen LogP contribution is 2.23. The smallest absolute Gasteiger partial charge is 0.360 e. The Hall–Kier alpha value is -2.34. The van der Waals surface area contributed by atoms with E-state index in [9.17, 15) is 4.79 Å². The van der Waals surface area contributed by atoms with E-state index in [4.69, 9.17) is 14.3 Å². The van der Waals surface area contributed by atoms with Gasteiger partial charge in [0.15, 0.2) is 5.71 Å². The molecule has 5 nitrogen and oxygen atoms in total. The van der Waals surface area contributed by atoms with Gasteiger partial charge < -0.3 is 14.3 Å². The van der Waals surface area contributed by atoms with E-state index in [1.807, 2.05) is 36.6 Å². The monoisotopic (exact) mass is 319 g/mol. The van der Waals surface area contributed by atoms with Crippen LogP contribution < -0.4 is 4.74 Å². The molecule has 116 valence electrons. The highest BCUT2D eigenvalue weighted by molar-refractivity contribution is 7.10. The molecule has 0 N–H and O–H groups in total. The molecule has 1 aromatic carbocycles. The first-order valence-corrected chi connectivity index (χ1v) is 7.50. The maximum absolute atomic E-state index is 11.8. The summed E-state index contributed by atoms with van der Waals surface area (Å²) < 4.78 is 10.6. The van der Waals surface area contributed by atoms with Gasteiger partial charge in [0.2, 0.25) is 0 Å². The van der Waals surface area contributed by atoms with E-state index >= 15 is 0 Å². The van der Waals surface area contributed by atoms with Gasteiger partial charge in [0.1, 0.15) is 19.5 Å². The van der Waals surface area contributed by atoms with Crippen molar-refractivity contribution in [3.8, 4) is 5.75 Å². The summed E-state index contributed by atoms with van der Waals surface area (Å²) in [5.41, 5.74) is 1.85. The Bertz CT molecular complexity index is 678. The number of aryl methyl sites for hydroxylation is 1. The molecular weight excluding hydrogens is 302 g/mol. The fourth-order valence-electron chi connectivity index (χ4n) is 1.91. The third kappa shape index (κ3) is 3.65. The number of oxime groups is 1. The lowest BCUT2D eigenvalue weighted by Gasteiger charge is -2.09. The van der Waals surface area contributed by atoms with Crippen LogP contribution in [0.5, 0.6) is 5.75 Å². The van der Waals surface area contributed by atoms with Crippen molar-refractivity contribution in [1.29, 1.82) is 0 Å². The Morgan fingerprint density at radius 2 is 2.00 bits per heavy atom. The molecule has 0 radical (unpaired) electrons. The summed E-state index contributed by atoms with van der Waals surface area (Å²) in [6.45, 7) is 2.33. The second-order valence-corrected chi connectivity index (χ2v) is 5.43. The zero-order valence-electron chi connectivity index (χ0n) is 12.7. The van der Waals surface area contributed by atoms with E-state index in [0.717, 1.165) is 16.2 Å². The van der Waals surface area contributed by atoms with Crippen molar-refractivity contribution in [3.63, 3.8) is 0 Å². The van der Waals surface area contributed by atoms with Gasteiger partial charge in [-0.3, -0.25) is 0 Å². The summed E-state index contributed by atoms with van der Waals surface area (Å²) in [6, 6.07) is 9.57. The summed E-state index contributed by atoms with van der Waals surface area (Å²) in [4.78, 5) is 17.4. The van der Waals surface area contributed by atoms with Gasteiger partial charge in [-0.25, -0.2) is 4.79 Å². The fourth-order valence-corrected chi connectivity index (χ4v) is 2.70. The fraction of sp³-hybridized carbons (Fsp3) is 0.250.